The van der Waals surface area contributed by atoms with Gasteiger partial charge in [0.15, 0.2) is 9.84 Å². The van der Waals surface area contributed by atoms with E-state index in [-0.39, 0.29) is 16.4 Å². The molecule has 0 aromatic heterocycles. The van der Waals surface area contributed by atoms with Crippen molar-refractivity contribution in [2.24, 2.45) is 0 Å². The number of hydrogen-bond donors (Lipinski definition) is 2. The molecule has 0 aliphatic rings. The van der Waals surface area contributed by atoms with Crippen molar-refractivity contribution in [1.29, 1.82) is 0 Å². The molecular weight excluding hydrogens is 290 g/mol. The minimum atomic E-state index is -3.70. The number of sulfonamides is 1. The van der Waals surface area contributed by atoms with E-state index in [1.807, 2.05) is 0 Å². The van der Waals surface area contributed by atoms with Crippen molar-refractivity contribution in [3.05, 3.63) is 24.3 Å². The first kappa shape index (κ1) is 16.1. The molecule has 0 saturated carbocycles. The molecule has 0 aliphatic heterocycles. The maximum atomic E-state index is 11.9. The first-order valence-electron chi connectivity index (χ1n) is 5.60. The molecule has 19 heavy (non-hydrogen) atoms. The van der Waals surface area contributed by atoms with E-state index < -0.39 is 25.9 Å². The van der Waals surface area contributed by atoms with E-state index in [0.29, 0.717) is 6.42 Å². The number of benzene rings is 1. The van der Waals surface area contributed by atoms with Crippen LogP contribution in [0.3, 0.4) is 0 Å². The Morgan fingerprint density at radius 2 is 1.58 bits per heavy atom. The lowest BCUT2D eigenvalue weighted by Crippen LogP contribution is -2.33. The zero-order chi connectivity index (χ0) is 14.7. The van der Waals surface area contributed by atoms with Crippen molar-refractivity contribution in [1.82, 2.24) is 4.72 Å². The van der Waals surface area contributed by atoms with Crippen molar-refractivity contribution in [2.75, 3.05) is 12.9 Å². The highest BCUT2D eigenvalue weighted by Gasteiger charge is 2.17. The molecule has 0 amide bonds. The van der Waals surface area contributed by atoms with Crippen LogP contribution in [0, 0.1) is 0 Å². The molecule has 1 unspecified atom stereocenters. The van der Waals surface area contributed by atoms with E-state index in [9.17, 15) is 16.8 Å². The zero-order valence-corrected chi connectivity index (χ0v) is 12.3. The van der Waals surface area contributed by atoms with Crippen LogP contribution in [0.2, 0.25) is 0 Å². The lowest BCUT2D eigenvalue weighted by atomic mass is 10.3. The molecule has 1 aromatic carbocycles. The fraction of sp³-hybridized carbons (Fsp3) is 0.455. The average Bonchev–Trinajstić information content (AvgIpc) is 2.27. The quantitative estimate of drug-likeness (QED) is 0.778. The van der Waals surface area contributed by atoms with Crippen molar-refractivity contribution < 1.29 is 21.9 Å². The summed E-state index contributed by atoms with van der Waals surface area (Å²) >= 11 is 0. The summed E-state index contributed by atoms with van der Waals surface area (Å²) in [5.74, 6) is 0. The summed E-state index contributed by atoms with van der Waals surface area (Å²) in [6.45, 7) is 1.52. The number of nitrogens with one attached hydrogen (secondary N) is 1. The smallest absolute Gasteiger partial charge is 0.240 e. The summed E-state index contributed by atoms with van der Waals surface area (Å²) in [7, 11) is -7.04. The van der Waals surface area contributed by atoms with Crippen LogP contribution >= 0.6 is 0 Å². The molecule has 1 aromatic rings. The van der Waals surface area contributed by atoms with E-state index in [1.54, 1.807) is 6.92 Å². The normalized spacial score (nSPS) is 14.3. The van der Waals surface area contributed by atoms with Crippen molar-refractivity contribution in [3.8, 4) is 0 Å². The summed E-state index contributed by atoms with van der Waals surface area (Å²) in [6, 6.07) is 4.58. The zero-order valence-electron chi connectivity index (χ0n) is 10.7. The minimum Gasteiger partial charge on any atom is -0.396 e. The van der Waals surface area contributed by atoms with Crippen molar-refractivity contribution in [3.63, 3.8) is 0 Å². The Labute approximate surface area is 113 Å². The second-order valence-corrected chi connectivity index (χ2v) is 8.01. The molecule has 1 rings (SSSR count). The van der Waals surface area contributed by atoms with E-state index in [2.05, 4.69) is 4.72 Å². The van der Waals surface area contributed by atoms with Crippen molar-refractivity contribution >= 4 is 19.9 Å². The van der Waals surface area contributed by atoms with Gasteiger partial charge in [-0.3, -0.25) is 0 Å². The van der Waals surface area contributed by atoms with Crippen LogP contribution in [-0.2, 0) is 19.9 Å². The van der Waals surface area contributed by atoms with Gasteiger partial charge in [0.25, 0.3) is 0 Å². The molecule has 0 bridgehead atoms. The maximum absolute atomic E-state index is 11.9. The average molecular weight is 307 g/mol. The Balaban J connectivity index is 2.97. The van der Waals surface area contributed by atoms with E-state index >= 15 is 0 Å². The van der Waals surface area contributed by atoms with Crippen LogP contribution in [0.5, 0.6) is 0 Å². The lowest BCUT2D eigenvalue weighted by Gasteiger charge is -2.13. The lowest BCUT2D eigenvalue weighted by molar-refractivity contribution is 0.275. The van der Waals surface area contributed by atoms with Gasteiger partial charge in [0.2, 0.25) is 10.0 Å². The monoisotopic (exact) mass is 307 g/mol. The van der Waals surface area contributed by atoms with Crippen molar-refractivity contribution in [2.45, 2.75) is 29.2 Å². The Hall–Kier alpha value is -0.960. The van der Waals surface area contributed by atoms with Gasteiger partial charge in [-0.1, -0.05) is 0 Å². The van der Waals surface area contributed by atoms with Gasteiger partial charge in [-0.2, -0.15) is 0 Å². The molecular formula is C11H17NO5S2. The molecule has 0 heterocycles. The third-order valence-electron chi connectivity index (χ3n) is 2.48. The van der Waals surface area contributed by atoms with Crippen LogP contribution in [0.25, 0.3) is 0 Å². The van der Waals surface area contributed by atoms with Crippen LogP contribution < -0.4 is 4.72 Å². The first-order valence-corrected chi connectivity index (χ1v) is 8.97. The van der Waals surface area contributed by atoms with Gasteiger partial charge in [0.1, 0.15) is 0 Å². The first-order chi connectivity index (χ1) is 8.66. The van der Waals surface area contributed by atoms with Crippen LogP contribution in [-0.4, -0.2) is 40.8 Å². The second-order valence-electron chi connectivity index (χ2n) is 4.28. The molecule has 0 fully saturated rings. The number of aliphatic hydroxyl groups excluding tert-OH is 1. The maximum Gasteiger partial charge on any atom is 0.240 e. The molecule has 1 atom stereocenters. The van der Waals surface area contributed by atoms with Crippen LogP contribution in [0.1, 0.15) is 13.3 Å². The van der Waals surface area contributed by atoms with E-state index in [0.717, 1.165) is 6.26 Å². The van der Waals surface area contributed by atoms with Gasteiger partial charge >= 0.3 is 0 Å². The number of rotatable bonds is 6. The Kier molecular flexibility index (Phi) is 5.08. The molecule has 2 N–H and O–H groups in total. The minimum absolute atomic E-state index is 0.00955. The molecule has 0 spiro atoms. The molecule has 108 valence electrons. The standard InChI is InChI=1S/C11H17NO5S2/c1-9(7-8-13)12-19(16,17)11-5-3-10(4-6-11)18(2,14)15/h3-6,9,12-13H,7-8H2,1-2H3. The largest absolute Gasteiger partial charge is 0.396 e. The Morgan fingerprint density at radius 3 is 2.00 bits per heavy atom. The molecule has 8 heteroatoms. The van der Waals surface area contributed by atoms with Crippen LogP contribution in [0.4, 0.5) is 0 Å². The van der Waals surface area contributed by atoms with E-state index in [1.165, 1.54) is 24.3 Å². The highest BCUT2D eigenvalue weighted by molar-refractivity contribution is 7.90. The van der Waals surface area contributed by atoms with Gasteiger partial charge in [-0.05, 0) is 37.6 Å². The van der Waals surface area contributed by atoms with Gasteiger partial charge in [-0.25, -0.2) is 21.6 Å². The van der Waals surface area contributed by atoms with Gasteiger partial charge in [-0.15, -0.1) is 0 Å². The number of sulfone groups is 1. The second kappa shape index (κ2) is 6.00. The number of aliphatic hydroxyl groups is 1. The Morgan fingerprint density at radius 1 is 1.11 bits per heavy atom. The predicted molar refractivity (Wildman–Crippen MR) is 71.0 cm³/mol. The SMILES string of the molecule is CC(CCO)NS(=O)(=O)c1ccc(S(C)(=O)=O)cc1. The summed E-state index contributed by atoms with van der Waals surface area (Å²) in [5, 5.41) is 8.73. The Bertz CT molecular complexity index is 620. The van der Waals surface area contributed by atoms with Gasteiger partial charge in [0, 0.05) is 18.9 Å². The fourth-order valence-corrected chi connectivity index (χ4v) is 3.36. The molecule has 6 nitrogen and oxygen atoms in total. The summed E-state index contributed by atoms with van der Waals surface area (Å²) in [4.78, 5) is 0.0551. The van der Waals surface area contributed by atoms with E-state index in [4.69, 9.17) is 5.11 Å². The summed E-state index contributed by atoms with van der Waals surface area (Å²) < 4.78 is 48.8. The molecule has 0 saturated heterocycles. The topological polar surface area (TPSA) is 101 Å². The molecule has 0 aliphatic carbocycles. The highest BCUT2D eigenvalue weighted by atomic mass is 32.2. The van der Waals surface area contributed by atoms with Gasteiger partial charge < -0.3 is 5.11 Å². The fourth-order valence-electron chi connectivity index (χ4n) is 1.45. The van der Waals surface area contributed by atoms with Crippen LogP contribution in [0.15, 0.2) is 34.1 Å². The number of hydrogen-bond acceptors (Lipinski definition) is 5. The third kappa shape index (κ3) is 4.57. The third-order valence-corrected chi connectivity index (χ3v) is 5.21. The summed E-state index contributed by atoms with van der Waals surface area (Å²) in [6.07, 6.45) is 1.36. The van der Waals surface area contributed by atoms with Gasteiger partial charge in [0.05, 0.1) is 9.79 Å². The molecule has 0 radical (unpaired) electrons. The highest BCUT2D eigenvalue weighted by Crippen LogP contribution is 2.14. The summed E-state index contributed by atoms with van der Waals surface area (Å²) in [5.41, 5.74) is 0. The predicted octanol–water partition coefficient (Wildman–Crippen LogP) is 0.139.